The standard InChI is InChI=1S/C10H18O2/c1-10(6-12)8-3-2-7(5-11)9(10)4-8/h7-9,11-12H,2-6H2,1H3/t7-,8?,9?,10-/m0/s1. The molecule has 12 heavy (non-hydrogen) atoms. The van der Waals surface area contributed by atoms with Crippen LogP contribution in [-0.4, -0.2) is 23.4 Å². The fourth-order valence-electron chi connectivity index (χ4n) is 3.25. The van der Waals surface area contributed by atoms with Crippen molar-refractivity contribution in [2.24, 2.45) is 23.2 Å². The summed E-state index contributed by atoms with van der Waals surface area (Å²) in [6.07, 6.45) is 3.61. The van der Waals surface area contributed by atoms with Gasteiger partial charge in [0.1, 0.15) is 0 Å². The van der Waals surface area contributed by atoms with E-state index in [1.54, 1.807) is 0 Å². The zero-order valence-electron chi connectivity index (χ0n) is 7.66. The molecular weight excluding hydrogens is 152 g/mol. The lowest BCUT2D eigenvalue weighted by molar-refractivity contribution is -0.152. The molecular formula is C10H18O2. The summed E-state index contributed by atoms with van der Waals surface area (Å²) in [6.45, 7) is 2.79. The van der Waals surface area contributed by atoms with Gasteiger partial charge < -0.3 is 10.2 Å². The normalized spacial score (nSPS) is 51.8. The number of hydrogen-bond donors (Lipinski definition) is 2. The van der Waals surface area contributed by atoms with E-state index < -0.39 is 0 Å². The molecule has 3 saturated carbocycles. The Morgan fingerprint density at radius 1 is 1.33 bits per heavy atom. The molecule has 2 unspecified atom stereocenters. The van der Waals surface area contributed by atoms with Gasteiger partial charge in [-0.3, -0.25) is 0 Å². The van der Waals surface area contributed by atoms with Gasteiger partial charge in [-0.1, -0.05) is 6.92 Å². The van der Waals surface area contributed by atoms with E-state index in [4.69, 9.17) is 5.11 Å². The Balaban J connectivity index is 2.11. The highest BCUT2D eigenvalue weighted by Gasteiger charge is 2.56. The summed E-state index contributed by atoms with van der Waals surface area (Å²) in [7, 11) is 0. The minimum absolute atomic E-state index is 0.144. The first-order valence-electron chi connectivity index (χ1n) is 4.94. The van der Waals surface area contributed by atoms with Crippen LogP contribution in [-0.2, 0) is 0 Å². The van der Waals surface area contributed by atoms with Crippen molar-refractivity contribution in [3.63, 3.8) is 0 Å². The Bertz CT molecular complexity index is 179. The molecule has 4 atom stereocenters. The Morgan fingerprint density at radius 3 is 2.58 bits per heavy atom. The Kier molecular flexibility index (Phi) is 1.92. The molecule has 0 aromatic heterocycles. The monoisotopic (exact) mass is 170 g/mol. The number of fused-ring (bicyclic) bond motifs is 2. The molecule has 3 rings (SSSR count). The van der Waals surface area contributed by atoms with Crippen molar-refractivity contribution < 1.29 is 10.2 Å². The van der Waals surface area contributed by atoms with Crippen LogP contribution in [0.4, 0.5) is 0 Å². The molecule has 3 aliphatic carbocycles. The lowest BCUT2D eigenvalue weighted by atomic mass is 9.45. The zero-order valence-corrected chi connectivity index (χ0v) is 7.66. The van der Waals surface area contributed by atoms with Gasteiger partial charge in [-0.15, -0.1) is 0 Å². The molecule has 0 spiro atoms. The van der Waals surface area contributed by atoms with Gasteiger partial charge in [0, 0.05) is 13.2 Å². The van der Waals surface area contributed by atoms with Crippen LogP contribution in [0.3, 0.4) is 0 Å². The fourth-order valence-corrected chi connectivity index (χ4v) is 3.25. The van der Waals surface area contributed by atoms with Crippen molar-refractivity contribution in [3.05, 3.63) is 0 Å². The van der Waals surface area contributed by atoms with Gasteiger partial charge in [0.05, 0.1) is 0 Å². The summed E-state index contributed by atoms with van der Waals surface area (Å²) in [5, 5.41) is 18.4. The van der Waals surface area contributed by atoms with Crippen molar-refractivity contribution in [1.82, 2.24) is 0 Å². The number of aliphatic hydroxyl groups excluding tert-OH is 2. The first kappa shape index (κ1) is 8.52. The van der Waals surface area contributed by atoms with E-state index in [9.17, 15) is 5.11 Å². The summed E-state index contributed by atoms with van der Waals surface area (Å²) < 4.78 is 0. The largest absolute Gasteiger partial charge is 0.396 e. The Hall–Kier alpha value is -0.0800. The molecule has 3 aliphatic rings. The van der Waals surface area contributed by atoms with Crippen molar-refractivity contribution in [2.75, 3.05) is 13.2 Å². The van der Waals surface area contributed by atoms with E-state index in [-0.39, 0.29) is 5.41 Å². The lowest BCUT2D eigenvalue weighted by Crippen LogP contribution is -2.56. The molecule has 2 N–H and O–H groups in total. The molecule has 2 heteroatoms. The molecule has 70 valence electrons. The highest BCUT2D eigenvalue weighted by atomic mass is 16.3. The molecule has 0 aromatic rings. The van der Waals surface area contributed by atoms with E-state index in [1.165, 1.54) is 19.3 Å². The van der Waals surface area contributed by atoms with Crippen molar-refractivity contribution in [1.29, 1.82) is 0 Å². The van der Waals surface area contributed by atoms with Gasteiger partial charge in [-0.2, -0.15) is 0 Å². The predicted molar refractivity (Wildman–Crippen MR) is 46.6 cm³/mol. The molecule has 3 fully saturated rings. The third kappa shape index (κ3) is 0.882. The highest BCUT2D eigenvalue weighted by Crippen LogP contribution is 2.61. The van der Waals surface area contributed by atoms with Crippen LogP contribution in [0.5, 0.6) is 0 Å². The van der Waals surface area contributed by atoms with Crippen molar-refractivity contribution in [3.8, 4) is 0 Å². The van der Waals surface area contributed by atoms with Crippen LogP contribution in [0, 0.1) is 23.2 Å². The maximum atomic E-state index is 9.28. The van der Waals surface area contributed by atoms with E-state index in [0.29, 0.717) is 25.0 Å². The summed E-state index contributed by atoms with van der Waals surface area (Å²) in [5.74, 6) is 1.79. The van der Waals surface area contributed by atoms with Gasteiger partial charge in [-0.05, 0) is 42.4 Å². The third-order valence-corrected chi connectivity index (χ3v) is 4.35. The van der Waals surface area contributed by atoms with Crippen LogP contribution in [0.15, 0.2) is 0 Å². The average Bonchev–Trinajstić information content (AvgIpc) is 2.16. The minimum atomic E-state index is 0.144. The second-order valence-electron chi connectivity index (χ2n) is 4.72. The molecule has 0 amide bonds. The molecule has 2 bridgehead atoms. The topological polar surface area (TPSA) is 40.5 Å². The number of rotatable bonds is 2. The number of hydrogen-bond acceptors (Lipinski definition) is 2. The van der Waals surface area contributed by atoms with Crippen LogP contribution in [0.1, 0.15) is 26.2 Å². The second-order valence-corrected chi connectivity index (χ2v) is 4.72. The minimum Gasteiger partial charge on any atom is -0.396 e. The zero-order chi connectivity index (χ0) is 8.77. The van der Waals surface area contributed by atoms with Gasteiger partial charge in [-0.25, -0.2) is 0 Å². The summed E-state index contributed by atoms with van der Waals surface area (Å²) in [5.41, 5.74) is 0.144. The van der Waals surface area contributed by atoms with Gasteiger partial charge >= 0.3 is 0 Å². The molecule has 0 heterocycles. The average molecular weight is 170 g/mol. The number of aliphatic hydroxyl groups is 2. The van der Waals surface area contributed by atoms with Crippen LogP contribution in [0.2, 0.25) is 0 Å². The third-order valence-electron chi connectivity index (χ3n) is 4.35. The first-order chi connectivity index (χ1) is 5.72. The molecule has 2 nitrogen and oxygen atoms in total. The fraction of sp³-hybridized carbons (Fsp3) is 1.00. The van der Waals surface area contributed by atoms with E-state index >= 15 is 0 Å². The summed E-state index contributed by atoms with van der Waals surface area (Å²) in [6, 6.07) is 0. The first-order valence-corrected chi connectivity index (χ1v) is 4.94. The van der Waals surface area contributed by atoms with E-state index in [0.717, 1.165) is 5.92 Å². The Morgan fingerprint density at radius 2 is 2.08 bits per heavy atom. The maximum absolute atomic E-state index is 9.28. The Labute approximate surface area is 73.6 Å². The van der Waals surface area contributed by atoms with Crippen LogP contribution < -0.4 is 0 Å². The van der Waals surface area contributed by atoms with Crippen LogP contribution in [0.25, 0.3) is 0 Å². The molecule has 0 radical (unpaired) electrons. The highest BCUT2D eigenvalue weighted by molar-refractivity contribution is 5.05. The lowest BCUT2D eigenvalue weighted by Gasteiger charge is -2.60. The second kappa shape index (κ2) is 2.71. The van der Waals surface area contributed by atoms with Gasteiger partial charge in [0.15, 0.2) is 0 Å². The van der Waals surface area contributed by atoms with Gasteiger partial charge in [0.2, 0.25) is 0 Å². The van der Waals surface area contributed by atoms with Crippen LogP contribution >= 0.6 is 0 Å². The smallest absolute Gasteiger partial charge is 0.0490 e. The summed E-state index contributed by atoms with van der Waals surface area (Å²) >= 11 is 0. The van der Waals surface area contributed by atoms with Crippen molar-refractivity contribution in [2.45, 2.75) is 26.2 Å². The molecule has 0 aromatic carbocycles. The predicted octanol–water partition coefficient (Wildman–Crippen LogP) is 1.02. The maximum Gasteiger partial charge on any atom is 0.0490 e. The van der Waals surface area contributed by atoms with Crippen molar-refractivity contribution >= 4 is 0 Å². The molecule has 0 aliphatic heterocycles. The van der Waals surface area contributed by atoms with Gasteiger partial charge in [0.25, 0.3) is 0 Å². The summed E-state index contributed by atoms with van der Waals surface area (Å²) in [4.78, 5) is 0. The van der Waals surface area contributed by atoms with E-state index in [2.05, 4.69) is 6.92 Å². The SMILES string of the molecule is C[C@]1(CO)C2CC[C@@H](CO)C1C2. The molecule has 0 saturated heterocycles. The van der Waals surface area contributed by atoms with E-state index in [1.807, 2.05) is 0 Å². The quantitative estimate of drug-likeness (QED) is 0.649.